The molecule has 2 aromatic carbocycles. The molecule has 0 aliphatic heterocycles. The number of tetrazole rings is 1. The molecule has 0 radical (unpaired) electrons. The first-order valence-electron chi connectivity index (χ1n) is 7.38. The number of nitrogens with zero attached hydrogens (tertiary/aromatic N) is 4. The zero-order valence-electron chi connectivity index (χ0n) is 12.7. The Morgan fingerprint density at radius 2 is 1.61 bits per heavy atom. The van der Waals surface area contributed by atoms with Gasteiger partial charge in [-0.05, 0) is 28.5 Å². The Balaban J connectivity index is 1.84. The Labute approximate surface area is 134 Å². The van der Waals surface area contributed by atoms with Crippen LogP contribution in [0, 0.1) is 0 Å². The molecule has 2 atom stereocenters. The minimum Gasteiger partial charge on any atom is -0.347 e. The molecule has 6 nitrogen and oxygen atoms in total. The summed E-state index contributed by atoms with van der Waals surface area (Å²) >= 11 is 0. The van der Waals surface area contributed by atoms with Gasteiger partial charge < -0.3 is 5.32 Å². The largest absolute Gasteiger partial charge is 0.347 e. The third-order valence-corrected chi connectivity index (χ3v) is 3.65. The van der Waals surface area contributed by atoms with E-state index in [0.717, 1.165) is 11.1 Å². The van der Waals surface area contributed by atoms with Gasteiger partial charge >= 0.3 is 0 Å². The molecule has 0 aliphatic rings. The first-order chi connectivity index (χ1) is 11.3. The second kappa shape index (κ2) is 6.83. The van der Waals surface area contributed by atoms with Crippen molar-refractivity contribution in [2.75, 3.05) is 0 Å². The molecule has 0 unspecified atom stereocenters. The van der Waals surface area contributed by atoms with Crippen molar-refractivity contribution in [2.45, 2.75) is 19.0 Å². The average molecular weight is 307 g/mol. The molecule has 3 rings (SSSR count). The van der Waals surface area contributed by atoms with E-state index in [4.69, 9.17) is 0 Å². The second-order valence-corrected chi connectivity index (χ2v) is 5.24. The predicted molar refractivity (Wildman–Crippen MR) is 85.4 cm³/mol. The fourth-order valence-electron chi connectivity index (χ4n) is 2.46. The van der Waals surface area contributed by atoms with Gasteiger partial charge in [-0.2, -0.15) is 0 Å². The van der Waals surface area contributed by atoms with Gasteiger partial charge in [0.25, 0.3) is 0 Å². The van der Waals surface area contributed by atoms with Crippen LogP contribution in [0.5, 0.6) is 0 Å². The number of benzene rings is 2. The summed E-state index contributed by atoms with van der Waals surface area (Å²) in [5.74, 6) is -0.153. The smallest absolute Gasteiger partial charge is 0.250 e. The summed E-state index contributed by atoms with van der Waals surface area (Å²) in [6, 6.07) is 18.6. The quantitative estimate of drug-likeness (QED) is 0.784. The lowest BCUT2D eigenvalue weighted by Crippen LogP contribution is -2.35. The maximum atomic E-state index is 12.8. The molecular weight excluding hydrogens is 290 g/mol. The summed E-state index contributed by atoms with van der Waals surface area (Å²) in [5, 5.41) is 14.2. The summed E-state index contributed by atoms with van der Waals surface area (Å²) in [4.78, 5) is 12.8. The van der Waals surface area contributed by atoms with E-state index >= 15 is 0 Å². The number of rotatable bonds is 5. The summed E-state index contributed by atoms with van der Waals surface area (Å²) in [7, 11) is 0. The van der Waals surface area contributed by atoms with Crippen molar-refractivity contribution >= 4 is 5.91 Å². The molecule has 0 spiro atoms. The first kappa shape index (κ1) is 14.9. The molecule has 6 heteroatoms. The van der Waals surface area contributed by atoms with Crippen LogP contribution in [0.2, 0.25) is 0 Å². The molecule has 1 amide bonds. The molecule has 3 aromatic rings. The SMILES string of the molecule is C[C@@H](NC(=O)[C@@H](c1ccccc1)n1cnnn1)c1ccccc1. The van der Waals surface area contributed by atoms with Gasteiger partial charge in [-0.3, -0.25) is 4.79 Å². The molecule has 0 saturated heterocycles. The number of carbonyl (C=O) groups is 1. The van der Waals surface area contributed by atoms with Crippen LogP contribution in [0.3, 0.4) is 0 Å². The number of hydrogen-bond acceptors (Lipinski definition) is 4. The van der Waals surface area contributed by atoms with E-state index < -0.39 is 6.04 Å². The Hall–Kier alpha value is -3.02. The van der Waals surface area contributed by atoms with Gasteiger partial charge in [-0.25, -0.2) is 4.68 Å². The van der Waals surface area contributed by atoms with Crippen molar-refractivity contribution in [3.05, 3.63) is 78.1 Å². The topological polar surface area (TPSA) is 72.7 Å². The predicted octanol–water partition coefficient (Wildman–Crippen LogP) is 2.14. The molecule has 0 fully saturated rings. The van der Waals surface area contributed by atoms with E-state index in [1.54, 1.807) is 0 Å². The lowest BCUT2D eigenvalue weighted by atomic mass is 10.0. The van der Waals surface area contributed by atoms with Crippen molar-refractivity contribution in [3.8, 4) is 0 Å². The van der Waals surface area contributed by atoms with Crippen LogP contribution in [0.25, 0.3) is 0 Å². The highest BCUT2D eigenvalue weighted by Crippen LogP contribution is 2.19. The molecule has 0 bridgehead atoms. The minimum absolute atomic E-state index is 0.105. The van der Waals surface area contributed by atoms with Crippen molar-refractivity contribution < 1.29 is 4.79 Å². The van der Waals surface area contributed by atoms with Gasteiger partial charge in [0.15, 0.2) is 6.04 Å². The van der Waals surface area contributed by atoms with E-state index in [9.17, 15) is 4.79 Å². The first-order valence-corrected chi connectivity index (χ1v) is 7.38. The van der Waals surface area contributed by atoms with Gasteiger partial charge in [-0.1, -0.05) is 60.7 Å². The van der Waals surface area contributed by atoms with Crippen LogP contribution < -0.4 is 5.32 Å². The Kier molecular flexibility index (Phi) is 4.42. The summed E-state index contributed by atoms with van der Waals surface area (Å²) in [6.07, 6.45) is 1.45. The summed E-state index contributed by atoms with van der Waals surface area (Å²) in [6.45, 7) is 1.95. The number of carbonyl (C=O) groups excluding carboxylic acids is 1. The molecular formula is C17H17N5O. The Morgan fingerprint density at radius 3 is 2.17 bits per heavy atom. The van der Waals surface area contributed by atoms with Crippen molar-refractivity contribution in [2.24, 2.45) is 0 Å². The minimum atomic E-state index is -0.600. The lowest BCUT2D eigenvalue weighted by molar-refractivity contribution is -0.124. The van der Waals surface area contributed by atoms with E-state index in [1.165, 1.54) is 11.0 Å². The van der Waals surface area contributed by atoms with Crippen LogP contribution in [0.15, 0.2) is 67.0 Å². The number of amides is 1. The summed E-state index contributed by atoms with van der Waals surface area (Å²) in [5.41, 5.74) is 1.88. The Bertz CT molecular complexity index is 743. The molecule has 0 saturated carbocycles. The molecule has 1 heterocycles. The fourth-order valence-corrected chi connectivity index (χ4v) is 2.46. The monoisotopic (exact) mass is 307 g/mol. The van der Waals surface area contributed by atoms with Crippen LogP contribution in [-0.2, 0) is 4.79 Å². The number of hydrogen-bond donors (Lipinski definition) is 1. The van der Waals surface area contributed by atoms with E-state index in [2.05, 4.69) is 20.8 Å². The molecule has 1 N–H and O–H groups in total. The molecule has 0 aliphatic carbocycles. The highest BCUT2D eigenvalue weighted by Gasteiger charge is 2.25. The van der Waals surface area contributed by atoms with Crippen molar-refractivity contribution in [1.29, 1.82) is 0 Å². The van der Waals surface area contributed by atoms with Crippen LogP contribution in [0.1, 0.15) is 30.1 Å². The summed E-state index contributed by atoms with van der Waals surface area (Å²) < 4.78 is 1.46. The zero-order valence-corrected chi connectivity index (χ0v) is 12.7. The zero-order chi connectivity index (χ0) is 16.1. The third kappa shape index (κ3) is 3.42. The van der Waals surface area contributed by atoms with Crippen molar-refractivity contribution in [3.63, 3.8) is 0 Å². The third-order valence-electron chi connectivity index (χ3n) is 3.65. The van der Waals surface area contributed by atoms with Crippen LogP contribution in [0.4, 0.5) is 0 Å². The number of aromatic nitrogens is 4. The van der Waals surface area contributed by atoms with Crippen molar-refractivity contribution in [1.82, 2.24) is 25.5 Å². The van der Waals surface area contributed by atoms with Gasteiger partial charge in [0.1, 0.15) is 6.33 Å². The number of nitrogens with one attached hydrogen (secondary N) is 1. The maximum absolute atomic E-state index is 12.8. The maximum Gasteiger partial charge on any atom is 0.250 e. The van der Waals surface area contributed by atoms with E-state index in [-0.39, 0.29) is 11.9 Å². The highest BCUT2D eigenvalue weighted by atomic mass is 16.2. The van der Waals surface area contributed by atoms with Crippen LogP contribution in [-0.4, -0.2) is 26.1 Å². The molecule has 116 valence electrons. The van der Waals surface area contributed by atoms with Gasteiger partial charge in [0, 0.05) is 0 Å². The fraction of sp³-hybridized carbons (Fsp3) is 0.176. The second-order valence-electron chi connectivity index (χ2n) is 5.24. The van der Waals surface area contributed by atoms with E-state index in [1.807, 2.05) is 67.6 Å². The lowest BCUT2D eigenvalue weighted by Gasteiger charge is -2.20. The molecule has 23 heavy (non-hydrogen) atoms. The van der Waals surface area contributed by atoms with Crippen LogP contribution >= 0.6 is 0 Å². The highest BCUT2D eigenvalue weighted by molar-refractivity contribution is 5.83. The van der Waals surface area contributed by atoms with Gasteiger partial charge in [-0.15, -0.1) is 5.10 Å². The normalized spacial score (nSPS) is 13.3. The van der Waals surface area contributed by atoms with E-state index in [0.29, 0.717) is 0 Å². The Morgan fingerprint density at radius 1 is 1.00 bits per heavy atom. The average Bonchev–Trinajstić information content (AvgIpc) is 3.11. The standard InChI is InChI=1S/C17H17N5O/c1-13(14-8-4-2-5-9-14)19-17(23)16(22-12-18-20-21-22)15-10-6-3-7-11-15/h2-13,16H,1H3,(H,19,23)/t13-,16-/m1/s1. The van der Waals surface area contributed by atoms with Gasteiger partial charge in [0.05, 0.1) is 6.04 Å². The molecule has 1 aromatic heterocycles. The van der Waals surface area contributed by atoms with Gasteiger partial charge in [0.2, 0.25) is 5.91 Å².